The third kappa shape index (κ3) is 5.73. The van der Waals surface area contributed by atoms with E-state index in [1.807, 2.05) is 29.1 Å². The standard InChI is InChI=1S/C33H36F2N6O4S/c1-5-27(42)40-11-12-41-25(19(40)2)18-24(38-41)30-29(28-23(35)16-21(34)17-26(28)45-14-13-44-4)31-22(8-15-46-31)32(37-30)39-9-6-20(7-10-39)33(43)36-3/h5,8,15-20H,1,6-7,9-14H2,2-4H3,(H,36,43)/t19-/m1/s1. The number of hydrogen-bond acceptors (Lipinski definition) is 8. The van der Waals surface area contributed by atoms with E-state index < -0.39 is 11.6 Å². The Balaban J connectivity index is 1.55. The molecule has 2 amide bonds. The van der Waals surface area contributed by atoms with Crippen molar-refractivity contribution in [2.45, 2.75) is 32.4 Å². The van der Waals surface area contributed by atoms with E-state index in [-0.39, 0.29) is 48.3 Å². The maximum atomic E-state index is 16.0. The van der Waals surface area contributed by atoms with Gasteiger partial charge in [-0.1, -0.05) is 6.58 Å². The van der Waals surface area contributed by atoms with Gasteiger partial charge in [0.2, 0.25) is 11.8 Å². The fraction of sp³-hybridized carbons (Fsp3) is 0.394. The molecule has 2 aliphatic rings. The lowest BCUT2D eigenvalue weighted by Crippen LogP contribution is -2.40. The van der Waals surface area contributed by atoms with Crippen LogP contribution in [-0.4, -0.2) is 78.5 Å². The zero-order valence-corrected chi connectivity index (χ0v) is 26.8. The van der Waals surface area contributed by atoms with Crippen molar-refractivity contribution in [3.8, 4) is 28.3 Å². The first-order valence-electron chi connectivity index (χ1n) is 15.3. The molecular weight excluding hydrogens is 614 g/mol. The van der Waals surface area contributed by atoms with E-state index >= 15 is 4.39 Å². The second-order valence-electron chi connectivity index (χ2n) is 11.4. The van der Waals surface area contributed by atoms with Crippen molar-refractivity contribution >= 4 is 39.1 Å². The molecule has 2 aliphatic heterocycles. The van der Waals surface area contributed by atoms with Gasteiger partial charge in [-0.15, -0.1) is 11.3 Å². The van der Waals surface area contributed by atoms with Gasteiger partial charge in [-0.2, -0.15) is 5.10 Å². The van der Waals surface area contributed by atoms with Crippen LogP contribution in [0.1, 0.15) is 31.5 Å². The van der Waals surface area contributed by atoms with E-state index in [1.54, 1.807) is 11.9 Å². The van der Waals surface area contributed by atoms with E-state index in [1.165, 1.54) is 30.6 Å². The van der Waals surface area contributed by atoms with Gasteiger partial charge in [0.05, 0.1) is 30.5 Å². The smallest absolute Gasteiger partial charge is 0.246 e. The van der Waals surface area contributed by atoms with Gasteiger partial charge in [-0.3, -0.25) is 14.3 Å². The highest BCUT2D eigenvalue weighted by Crippen LogP contribution is 2.47. The van der Waals surface area contributed by atoms with Gasteiger partial charge in [0.25, 0.3) is 0 Å². The lowest BCUT2D eigenvalue weighted by atomic mass is 9.95. The SMILES string of the molecule is C=CC(=O)N1CCn2nc(-c3nc(N4CCC(C(=O)NC)CC4)c4ccsc4c3-c3c(F)cc(F)cc3OCCOC)cc2[C@H]1C. The summed E-state index contributed by atoms with van der Waals surface area (Å²) in [7, 11) is 3.17. The molecule has 242 valence electrons. The van der Waals surface area contributed by atoms with Crippen LogP contribution in [0.5, 0.6) is 5.75 Å². The highest BCUT2D eigenvalue weighted by atomic mass is 32.1. The summed E-state index contributed by atoms with van der Waals surface area (Å²) >= 11 is 1.43. The molecule has 0 bridgehead atoms. The summed E-state index contributed by atoms with van der Waals surface area (Å²) in [6.45, 7) is 8.03. The third-order valence-electron chi connectivity index (χ3n) is 8.77. The van der Waals surface area contributed by atoms with Gasteiger partial charge < -0.3 is 24.6 Å². The van der Waals surface area contributed by atoms with Crippen molar-refractivity contribution in [2.24, 2.45) is 5.92 Å². The molecule has 0 spiro atoms. The Hall–Kier alpha value is -4.36. The van der Waals surface area contributed by atoms with Gasteiger partial charge in [0, 0.05) is 67.5 Å². The van der Waals surface area contributed by atoms with Gasteiger partial charge in [-0.25, -0.2) is 13.8 Å². The highest BCUT2D eigenvalue weighted by Gasteiger charge is 2.33. The van der Waals surface area contributed by atoms with E-state index in [9.17, 15) is 14.0 Å². The Labute approximate surface area is 269 Å². The monoisotopic (exact) mass is 650 g/mol. The number of rotatable bonds is 9. The predicted octanol–water partition coefficient (Wildman–Crippen LogP) is 5.18. The summed E-state index contributed by atoms with van der Waals surface area (Å²) < 4.78 is 44.2. The van der Waals surface area contributed by atoms with Crippen molar-refractivity contribution in [1.82, 2.24) is 25.0 Å². The summed E-state index contributed by atoms with van der Waals surface area (Å²) in [6.07, 6.45) is 2.63. The third-order valence-corrected chi connectivity index (χ3v) is 9.70. The number of thiophene rings is 1. The number of fused-ring (bicyclic) bond motifs is 2. The predicted molar refractivity (Wildman–Crippen MR) is 173 cm³/mol. The Kier molecular flexibility index (Phi) is 9.05. The fourth-order valence-electron chi connectivity index (χ4n) is 6.40. The molecule has 3 aromatic heterocycles. The van der Waals surface area contributed by atoms with Crippen molar-refractivity contribution in [3.05, 3.63) is 59.6 Å². The maximum Gasteiger partial charge on any atom is 0.246 e. The molecule has 5 heterocycles. The number of nitrogens with zero attached hydrogens (tertiary/aromatic N) is 5. The van der Waals surface area contributed by atoms with Gasteiger partial charge in [0.15, 0.2) is 0 Å². The van der Waals surface area contributed by atoms with Crippen LogP contribution in [0.2, 0.25) is 0 Å². The maximum absolute atomic E-state index is 16.0. The molecule has 6 rings (SSSR count). The van der Waals surface area contributed by atoms with Crippen LogP contribution in [0.3, 0.4) is 0 Å². The summed E-state index contributed by atoms with van der Waals surface area (Å²) in [5, 5.41) is 10.4. The lowest BCUT2D eigenvalue weighted by Gasteiger charge is -2.33. The molecule has 1 atom stereocenters. The molecule has 1 fully saturated rings. The first kappa shape index (κ1) is 31.6. The molecule has 0 radical (unpaired) electrons. The minimum Gasteiger partial charge on any atom is -0.490 e. The van der Waals surface area contributed by atoms with Crippen LogP contribution in [-0.2, 0) is 20.9 Å². The quantitative estimate of drug-likeness (QED) is 0.197. The number of methoxy groups -OCH3 is 1. The molecule has 13 heteroatoms. The van der Waals surface area contributed by atoms with Crippen molar-refractivity contribution in [3.63, 3.8) is 0 Å². The van der Waals surface area contributed by atoms with Gasteiger partial charge in [0.1, 0.15) is 41.2 Å². The van der Waals surface area contributed by atoms with Gasteiger partial charge in [-0.05, 0) is 43.4 Å². The summed E-state index contributed by atoms with van der Waals surface area (Å²) in [4.78, 5) is 34.0. The highest BCUT2D eigenvalue weighted by molar-refractivity contribution is 7.18. The zero-order valence-electron chi connectivity index (χ0n) is 26.0. The lowest BCUT2D eigenvalue weighted by molar-refractivity contribution is -0.129. The number of anilines is 1. The Morgan fingerprint density at radius 2 is 1.91 bits per heavy atom. The average Bonchev–Trinajstić information content (AvgIpc) is 3.72. The number of carbonyl (C=O) groups excluding carboxylic acids is 2. The molecule has 1 aromatic carbocycles. The van der Waals surface area contributed by atoms with Crippen LogP contribution in [0.15, 0.2) is 42.3 Å². The van der Waals surface area contributed by atoms with Crippen LogP contribution in [0.25, 0.3) is 32.6 Å². The fourth-order valence-corrected chi connectivity index (χ4v) is 7.35. The molecule has 10 nitrogen and oxygen atoms in total. The molecule has 1 N–H and O–H groups in total. The number of amides is 2. The minimum absolute atomic E-state index is 0.0267. The van der Waals surface area contributed by atoms with E-state index in [0.717, 1.165) is 21.8 Å². The van der Waals surface area contributed by atoms with E-state index in [0.29, 0.717) is 61.8 Å². The summed E-state index contributed by atoms with van der Waals surface area (Å²) in [6, 6.07) is 5.57. The van der Waals surface area contributed by atoms with Crippen molar-refractivity contribution in [1.29, 1.82) is 0 Å². The number of hydrogen-bond donors (Lipinski definition) is 1. The number of halogens is 2. The minimum atomic E-state index is -0.788. The first-order valence-corrected chi connectivity index (χ1v) is 16.1. The number of ether oxygens (including phenoxy) is 2. The van der Waals surface area contributed by atoms with Crippen LogP contribution >= 0.6 is 11.3 Å². The number of nitrogens with one attached hydrogen (secondary N) is 1. The average molecular weight is 651 g/mol. The van der Waals surface area contributed by atoms with Crippen LogP contribution in [0, 0.1) is 17.6 Å². The van der Waals surface area contributed by atoms with E-state index in [2.05, 4.69) is 16.8 Å². The molecule has 0 unspecified atom stereocenters. The largest absolute Gasteiger partial charge is 0.490 e. The van der Waals surface area contributed by atoms with Gasteiger partial charge >= 0.3 is 0 Å². The number of carbonyl (C=O) groups is 2. The Morgan fingerprint density at radius 3 is 2.63 bits per heavy atom. The summed E-state index contributed by atoms with van der Waals surface area (Å²) in [5.41, 5.74) is 2.24. The molecule has 46 heavy (non-hydrogen) atoms. The molecule has 1 saturated heterocycles. The van der Waals surface area contributed by atoms with Crippen molar-refractivity contribution < 1.29 is 27.8 Å². The topological polar surface area (TPSA) is 102 Å². The normalized spacial score (nSPS) is 16.8. The van der Waals surface area contributed by atoms with E-state index in [4.69, 9.17) is 19.6 Å². The van der Waals surface area contributed by atoms with Crippen LogP contribution < -0.4 is 15.0 Å². The Bertz CT molecular complexity index is 1800. The zero-order chi connectivity index (χ0) is 32.5. The number of piperidine rings is 1. The van der Waals surface area contributed by atoms with Crippen LogP contribution in [0.4, 0.5) is 14.6 Å². The molecule has 0 saturated carbocycles. The number of benzene rings is 1. The number of aromatic nitrogens is 3. The molecule has 0 aliphatic carbocycles. The Morgan fingerprint density at radius 1 is 1.13 bits per heavy atom. The molecular formula is C33H36F2N6O4S. The van der Waals surface area contributed by atoms with Crippen molar-refractivity contribution in [2.75, 3.05) is 51.9 Å². The molecule has 4 aromatic rings. The summed E-state index contributed by atoms with van der Waals surface area (Å²) in [5.74, 6) is -1.04. The second kappa shape index (κ2) is 13.2. The second-order valence-corrected chi connectivity index (χ2v) is 12.3. The first-order chi connectivity index (χ1) is 22.2. The number of pyridine rings is 1.